The van der Waals surface area contributed by atoms with Crippen LogP contribution in [0.5, 0.6) is 5.75 Å². The van der Waals surface area contributed by atoms with Crippen LogP contribution >= 0.6 is 0 Å². The van der Waals surface area contributed by atoms with E-state index in [1.807, 2.05) is 6.07 Å². The third-order valence-corrected chi connectivity index (χ3v) is 4.24. The summed E-state index contributed by atoms with van der Waals surface area (Å²) in [5, 5.41) is 19.1. The molecule has 9 heteroatoms. The standard InChI is InChI=1S/C22H23F3N2O4/c1-2-30-21(29)14-27(12-17-3-7-18(8-4-17)22(23,24)25)13-19(28)15-31-20-9-5-16(11-26)6-10-20/h3-10,19,28H,2,12-15H2,1H3. The monoisotopic (exact) mass is 436 g/mol. The molecule has 2 aromatic carbocycles. The van der Waals surface area contributed by atoms with Crippen LogP contribution in [0.4, 0.5) is 13.2 Å². The molecule has 0 aliphatic rings. The third kappa shape index (κ3) is 8.28. The van der Waals surface area contributed by atoms with Crippen LogP contribution in [-0.4, -0.2) is 48.4 Å². The lowest BCUT2D eigenvalue weighted by Crippen LogP contribution is -2.38. The van der Waals surface area contributed by atoms with Crippen molar-refractivity contribution in [3.05, 3.63) is 65.2 Å². The molecule has 0 saturated heterocycles. The first-order valence-electron chi connectivity index (χ1n) is 9.56. The number of ether oxygens (including phenoxy) is 2. The molecule has 0 aromatic heterocycles. The fourth-order valence-electron chi connectivity index (χ4n) is 2.80. The lowest BCUT2D eigenvalue weighted by molar-refractivity contribution is -0.145. The van der Waals surface area contributed by atoms with Crippen LogP contribution in [0.2, 0.25) is 0 Å². The summed E-state index contributed by atoms with van der Waals surface area (Å²) in [7, 11) is 0. The lowest BCUT2D eigenvalue weighted by atomic mass is 10.1. The first kappa shape index (κ1) is 24.2. The van der Waals surface area contributed by atoms with E-state index >= 15 is 0 Å². The summed E-state index contributed by atoms with van der Waals surface area (Å²) in [5.41, 5.74) is 0.270. The van der Waals surface area contributed by atoms with E-state index in [0.29, 0.717) is 16.9 Å². The van der Waals surface area contributed by atoms with Crippen molar-refractivity contribution in [2.75, 3.05) is 26.3 Å². The number of alkyl halides is 3. The Morgan fingerprint density at radius 2 is 1.81 bits per heavy atom. The maximum absolute atomic E-state index is 12.7. The molecule has 0 saturated carbocycles. The molecule has 2 aromatic rings. The largest absolute Gasteiger partial charge is 0.491 e. The van der Waals surface area contributed by atoms with Crippen molar-refractivity contribution in [3.63, 3.8) is 0 Å². The van der Waals surface area contributed by atoms with E-state index in [-0.39, 0.29) is 32.8 Å². The maximum Gasteiger partial charge on any atom is 0.416 e. The number of rotatable bonds is 10. The van der Waals surface area contributed by atoms with Crippen LogP contribution in [0.3, 0.4) is 0 Å². The first-order chi connectivity index (χ1) is 14.7. The summed E-state index contributed by atoms with van der Waals surface area (Å²) in [5.74, 6) is -0.0349. The Bertz CT molecular complexity index is 878. The van der Waals surface area contributed by atoms with Crippen molar-refractivity contribution in [1.29, 1.82) is 5.26 Å². The minimum Gasteiger partial charge on any atom is -0.491 e. The Morgan fingerprint density at radius 1 is 1.16 bits per heavy atom. The smallest absolute Gasteiger partial charge is 0.416 e. The molecule has 2 rings (SSSR count). The van der Waals surface area contributed by atoms with Gasteiger partial charge in [0.15, 0.2) is 0 Å². The Labute approximate surface area is 178 Å². The second kappa shape index (κ2) is 11.3. The van der Waals surface area contributed by atoms with E-state index < -0.39 is 23.8 Å². The Kier molecular flexibility index (Phi) is 8.85. The van der Waals surface area contributed by atoms with Gasteiger partial charge in [0.1, 0.15) is 18.5 Å². The summed E-state index contributed by atoms with van der Waals surface area (Å²) in [4.78, 5) is 13.5. The zero-order valence-electron chi connectivity index (χ0n) is 16.9. The summed E-state index contributed by atoms with van der Waals surface area (Å²) >= 11 is 0. The second-order valence-corrected chi connectivity index (χ2v) is 6.77. The third-order valence-electron chi connectivity index (χ3n) is 4.24. The molecule has 0 spiro atoms. The molecule has 166 valence electrons. The van der Waals surface area contributed by atoms with Gasteiger partial charge in [0.05, 0.1) is 30.3 Å². The van der Waals surface area contributed by atoms with Crippen molar-refractivity contribution < 1.29 is 32.5 Å². The van der Waals surface area contributed by atoms with E-state index in [1.165, 1.54) is 12.1 Å². The molecule has 31 heavy (non-hydrogen) atoms. The zero-order valence-corrected chi connectivity index (χ0v) is 16.9. The highest BCUT2D eigenvalue weighted by Gasteiger charge is 2.30. The van der Waals surface area contributed by atoms with E-state index in [4.69, 9.17) is 14.7 Å². The number of nitrogens with zero attached hydrogens (tertiary/aromatic N) is 2. The van der Waals surface area contributed by atoms with Crippen molar-refractivity contribution in [2.45, 2.75) is 25.7 Å². The number of nitriles is 1. The molecule has 0 aliphatic carbocycles. The van der Waals surface area contributed by atoms with E-state index in [2.05, 4.69) is 0 Å². The minimum atomic E-state index is -4.43. The molecular formula is C22H23F3N2O4. The molecule has 6 nitrogen and oxygen atoms in total. The Morgan fingerprint density at radius 3 is 2.35 bits per heavy atom. The Hall–Kier alpha value is -3.09. The zero-order chi connectivity index (χ0) is 22.9. The number of hydrogen-bond acceptors (Lipinski definition) is 6. The van der Waals surface area contributed by atoms with Crippen LogP contribution < -0.4 is 4.74 Å². The van der Waals surface area contributed by atoms with Gasteiger partial charge in [0, 0.05) is 13.1 Å². The average molecular weight is 436 g/mol. The highest BCUT2D eigenvalue weighted by atomic mass is 19.4. The number of aliphatic hydroxyl groups excluding tert-OH is 1. The second-order valence-electron chi connectivity index (χ2n) is 6.77. The number of benzene rings is 2. The maximum atomic E-state index is 12.7. The van der Waals surface area contributed by atoms with Gasteiger partial charge in [-0.15, -0.1) is 0 Å². The van der Waals surface area contributed by atoms with Gasteiger partial charge in [0.25, 0.3) is 0 Å². The quantitative estimate of drug-likeness (QED) is 0.575. The average Bonchev–Trinajstić information content (AvgIpc) is 2.72. The van der Waals surface area contributed by atoms with Gasteiger partial charge >= 0.3 is 12.1 Å². The van der Waals surface area contributed by atoms with Crippen LogP contribution in [0.15, 0.2) is 48.5 Å². The molecule has 0 heterocycles. The van der Waals surface area contributed by atoms with Crippen LogP contribution in [0.1, 0.15) is 23.6 Å². The number of halogens is 3. The fourth-order valence-corrected chi connectivity index (χ4v) is 2.80. The summed E-state index contributed by atoms with van der Waals surface area (Å²) < 4.78 is 48.7. The topological polar surface area (TPSA) is 82.8 Å². The predicted octanol–water partition coefficient (Wildman–Crippen LogP) is 3.38. The molecular weight excluding hydrogens is 413 g/mol. The fraction of sp³-hybridized carbons (Fsp3) is 0.364. The molecule has 0 fully saturated rings. The number of aliphatic hydroxyl groups is 1. The number of esters is 1. The first-order valence-corrected chi connectivity index (χ1v) is 9.56. The minimum absolute atomic E-state index is 0.0378. The van der Waals surface area contributed by atoms with Gasteiger partial charge in [-0.2, -0.15) is 18.4 Å². The van der Waals surface area contributed by atoms with Crippen molar-refractivity contribution >= 4 is 5.97 Å². The van der Waals surface area contributed by atoms with E-state index in [9.17, 15) is 23.1 Å². The van der Waals surface area contributed by atoms with Crippen LogP contribution in [-0.2, 0) is 22.3 Å². The van der Waals surface area contributed by atoms with Gasteiger partial charge in [-0.05, 0) is 48.9 Å². The van der Waals surface area contributed by atoms with Crippen molar-refractivity contribution in [1.82, 2.24) is 4.90 Å². The molecule has 0 aliphatic heterocycles. The van der Waals surface area contributed by atoms with Gasteiger partial charge in [-0.1, -0.05) is 12.1 Å². The molecule has 0 radical (unpaired) electrons. The summed E-state index contributed by atoms with van der Waals surface area (Å²) in [6.45, 7) is 1.83. The van der Waals surface area contributed by atoms with Crippen molar-refractivity contribution in [2.24, 2.45) is 0 Å². The van der Waals surface area contributed by atoms with Crippen LogP contribution in [0.25, 0.3) is 0 Å². The molecule has 1 unspecified atom stereocenters. The molecule has 0 bridgehead atoms. The summed E-state index contributed by atoms with van der Waals surface area (Å²) in [6.07, 6.45) is -5.40. The van der Waals surface area contributed by atoms with Crippen molar-refractivity contribution in [3.8, 4) is 11.8 Å². The number of carbonyl (C=O) groups is 1. The Balaban J connectivity index is 1.99. The lowest BCUT2D eigenvalue weighted by Gasteiger charge is -2.24. The molecule has 0 amide bonds. The normalized spacial score (nSPS) is 12.3. The highest BCUT2D eigenvalue weighted by molar-refractivity contribution is 5.71. The van der Waals surface area contributed by atoms with Gasteiger partial charge < -0.3 is 14.6 Å². The summed E-state index contributed by atoms with van der Waals surface area (Å²) in [6, 6.07) is 13.0. The SMILES string of the molecule is CCOC(=O)CN(Cc1ccc(C(F)(F)F)cc1)CC(O)COc1ccc(C#N)cc1. The number of hydrogen-bond donors (Lipinski definition) is 1. The van der Waals surface area contributed by atoms with E-state index in [0.717, 1.165) is 12.1 Å². The van der Waals surface area contributed by atoms with Crippen LogP contribution in [0, 0.1) is 11.3 Å². The molecule has 1 atom stereocenters. The van der Waals surface area contributed by atoms with E-state index in [1.54, 1.807) is 36.1 Å². The number of carbonyl (C=O) groups excluding carboxylic acids is 1. The van der Waals surface area contributed by atoms with Gasteiger partial charge in [-0.25, -0.2) is 0 Å². The van der Waals surface area contributed by atoms with Gasteiger partial charge in [-0.3, -0.25) is 9.69 Å². The predicted molar refractivity (Wildman–Crippen MR) is 106 cm³/mol. The highest BCUT2D eigenvalue weighted by Crippen LogP contribution is 2.29. The molecule has 1 N–H and O–H groups in total. The van der Waals surface area contributed by atoms with Gasteiger partial charge in [0.2, 0.25) is 0 Å².